The first kappa shape index (κ1) is 11.3. The van der Waals surface area contributed by atoms with Crippen molar-refractivity contribution in [1.29, 1.82) is 0 Å². The molecule has 0 fully saturated rings. The van der Waals surface area contributed by atoms with Gasteiger partial charge in [-0.1, -0.05) is 17.7 Å². The summed E-state index contributed by atoms with van der Waals surface area (Å²) in [6.07, 6.45) is 0. The lowest BCUT2D eigenvalue weighted by atomic mass is 10.1. The Labute approximate surface area is 90.9 Å². The van der Waals surface area contributed by atoms with Crippen molar-refractivity contribution in [2.45, 2.75) is 13.0 Å². The fourth-order valence-electron chi connectivity index (χ4n) is 1.49. The molecular weight excluding hydrogens is 196 g/mol. The summed E-state index contributed by atoms with van der Waals surface area (Å²) >= 11 is 6.18. The van der Waals surface area contributed by atoms with Crippen LogP contribution < -0.4 is 10.2 Å². The molecule has 1 aromatic rings. The number of nitrogens with one attached hydrogen (secondary N) is 1. The monoisotopic (exact) mass is 212 g/mol. The summed E-state index contributed by atoms with van der Waals surface area (Å²) in [5, 5.41) is 4.02. The lowest BCUT2D eigenvalue weighted by Gasteiger charge is -2.22. The van der Waals surface area contributed by atoms with Crippen molar-refractivity contribution in [3.8, 4) is 0 Å². The van der Waals surface area contributed by atoms with Crippen molar-refractivity contribution in [2.24, 2.45) is 0 Å². The molecule has 0 amide bonds. The zero-order valence-corrected chi connectivity index (χ0v) is 9.89. The zero-order valence-electron chi connectivity index (χ0n) is 9.13. The molecule has 1 rings (SSSR count). The van der Waals surface area contributed by atoms with Gasteiger partial charge in [-0.3, -0.25) is 0 Å². The summed E-state index contributed by atoms with van der Waals surface area (Å²) in [4.78, 5) is 2.08. The summed E-state index contributed by atoms with van der Waals surface area (Å²) in [6, 6.07) is 6.25. The summed E-state index contributed by atoms with van der Waals surface area (Å²) in [5.41, 5.74) is 2.32. The molecule has 0 aliphatic carbocycles. The molecule has 0 bridgehead atoms. The van der Waals surface area contributed by atoms with Crippen molar-refractivity contribution < 1.29 is 0 Å². The van der Waals surface area contributed by atoms with Gasteiger partial charge in [-0.25, -0.2) is 0 Å². The molecule has 0 spiro atoms. The van der Waals surface area contributed by atoms with Crippen LogP contribution in [0.4, 0.5) is 5.69 Å². The summed E-state index contributed by atoms with van der Waals surface area (Å²) < 4.78 is 0. The van der Waals surface area contributed by atoms with Gasteiger partial charge in [-0.2, -0.15) is 0 Å². The first-order chi connectivity index (χ1) is 6.57. The zero-order chi connectivity index (χ0) is 10.7. The van der Waals surface area contributed by atoms with Crippen molar-refractivity contribution in [2.75, 3.05) is 26.0 Å². The molecule has 0 aromatic heterocycles. The van der Waals surface area contributed by atoms with Gasteiger partial charge in [-0.05, 0) is 26.1 Å². The minimum absolute atomic E-state index is 0.265. The molecule has 0 aliphatic rings. The number of halogens is 1. The van der Waals surface area contributed by atoms with Crippen LogP contribution in [-0.4, -0.2) is 21.1 Å². The Morgan fingerprint density at radius 3 is 2.50 bits per heavy atom. The van der Waals surface area contributed by atoms with Gasteiger partial charge in [0.1, 0.15) is 0 Å². The van der Waals surface area contributed by atoms with Crippen LogP contribution >= 0.6 is 11.6 Å². The SMILES string of the molecule is CNC(C)c1c(Cl)cccc1N(C)C. The number of rotatable bonds is 3. The molecule has 14 heavy (non-hydrogen) atoms. The third-order valence-corrected chi connectivity index (χ3v) is 2.71. The molecule has 0 saturated heterocycles. The molecule has 78 valence electrons. The second-order valence-corrected chi connectivity index (χ2v) is 3.98. The second kappa shape index (κ2) is 4.67. The predicted octanol–water partition coefficient (Wildman–Crippen LogP) is 2.69. The number of hydrogen-bond acceptors (Lipinski definition) is 2. The van der Waals surface area contributed by atoms with Gasteiger partial charge in [0, 0.05) is 36.4 Å². The van der Waals surface area contributed by atoms with E-state index in [1.54, 1.807) is 0 Å². The molecule has 0 heterocycles. The highest BCUT2D eigenvalue weighted by Gasteiger charge is 2.13. The van der Waals surface area contributed by atoms with Crippen LogP contribution in [0.5, 0.6) is 0 Å². The Hall–Kier alpha value is -0.730. The van der Waals surface area contributed by atoms with Crippen LogP contribution in [0.25, 0.3) is 0 Å². The largest absolute Gasteiger partial charge is 0.377 e. The van der Waals surface area contributed by atoms with Crippen molar-refractivity contribution in [3.05, 3.63) is 28.8 Å². The second-order valence-electron chi connectivity index (χ2n) is 3.58. The van der Waals surface area contributed by atoms with E-state index in [0.717, 1.165) is 10.6 Å². The van der Waals surface area contributed by atoms with E-state index < -0.39 is 0 Å². The first-order valence-corrected chi connectivity index (χ1v) is 5.08. The highest BCUT2D eigenvalue weighted by Crippen LogP contribution is 2.31. The fraction of sp³-hybridized carbons (Fsp3) is 0.455. The Bertz CT molecular complexity index is 310. The summed E-state index contributed by atoms with van der Waals surface area (Å²) in [7, 11) is 5.99. The number of anilines is 1. The highest BCUT2D eigenvalue weighted by atomic mass is 35.5. The van der Waals surface area contributed by atoms with Gasteiger partial charge >= 0.3 is 0 Å². The third-order valence-electron chi connectivity index (χ3n) is 2.38. The third kappa shape index (κ3) is 2.20. The Kier molecular flexibility index (Phi) is 3.78. The van der Waals surface area contributed by atoms with Crippen LogP contribution in [0.3, 0.4) is 0 Å². The van der Waals surface area contributed by atoms with Crippen LogP contribution in [0.1, 0.15) is 18.5 Å². The lowest BCUT2D eigenvalue weighted by Crippen LogP contribution is -2.18. The molecule has 1 aromatic carbocycles. The van der Waals surface area contributed by atoms with E-state index in [0.29, 0.717) is 0 Å². The number of nitrogens with zero attached hydrogens (tertiary/aromatic N) is 1. The smallest absolute Gasteiger partial charge is 0.0474 e. The van der Waals surface area contributed by atoms with Crippen molar-refractivity contribution >= 4 is 17.3 Å². The Morgan fingerprint density at radius 1 is 1.36 bits per heavy atom. The maximum atomic E-state index is 6.18. The van der Waals surface area contributed by atoms with Crippen LogP contribution in [0.15, 0.2) is 18.2 Å². The van der Waals surface area contributed by atoms with Gasteiger partial charge in [0.25, 0.3) is 0 Å². The summed E-state index contributed by atoms with van der Waals surface area (Å²) in [6.45, 7) is 2.11. The first-order valence-electron chi connectivity index (χ1n) is 4.71. The molecule has 0 aliphatic heterocycles. The predicted molar refractivity (Wildman–Crippen MR) is 63.3 cm³/mol. The van der Waals surface area contributed by atoms with Crippen molar-refractivity contribution in [3.63, 3.8) is 0 Å². The normalized spacial score (nSPS) is 12.6. The minimum atomic E-state index is 0.265. The Balaban J connectivity index is 3.22. The van der Waals surface area contributed by atoms with E-state index in [1.807, 2.05) is 33.3 Å². The molecule has 3 heteroatoms. The minimum Gasteiger partial charge on any atom is -0.377 e. The molecule has 1 N–H and O–H groups in total. The molecule has 2 nitrogen and oxygen atoms in total. The van der Waals surface area contributed by atoms with E-state index in [-0.39, 0.29) is 6.04 Å². The van der Waals surface area contributed by atoms with Crippen LogP contribution in [0.2, 0.25) is 5.02 Å². The quantitative estimate of drug-likeness (QED) is 0.829. The average Bonchev–Trinajstić information content (AvgIpc) is 2.16. The van der Waals surface area contributed by atoms with E-state index in [4.69, 9.17) is 11.6 Å². The van der Waals surface area contributed by atoms with Gasteiger partial charge in [0.05, 0.1) is 0 Å². The van der Waals surface area contributed by atoms with Crippen LogP contribution in [-0.2, 0) is 0 Å². The maximum Gasteiger partial charge on any atom is 0.0474 e. The summed E-state index contributed by atoms with van der Waals surface area (Å²) in [5.74, 6) is 0. The molecule has 1 atom stereocenters. The molecule has 0 radical (unpaired) electrons. The van der Waals surface area contributed by atoms with E-state index in [2.05, 4.69) is 23.2 Å². The number of benzene rings is 1. The van der Waals surface area contributed by atoms with E-state index >= 15 is 0 Å². The van der Waals surface area contributed by atoms with E-state index in [9.17, 15) is 0 Å². The highest BCUT2D eigenvalue weighted by molar-refractivity contribution is 6.31. The lowest BCUT2D eigenvalue weighted by molar-refractivity contribution is 0.652. The number of hydrogen-bond donors (Lipinski definition) is 1. The van der Waals surface area contributed by atoms with Gasteiger partial charge in [0.15, 0.2) is 0 Å². The molecular formula is C11H17ClN2. The maximum absolute atomic E-state index is 6.18. The van der Waals surface area contributed by atoms with E-state index in [1.165, 1.54) is 5.69 Å². The average molecular weight is 213 g/mol. The molecule has 1 unspecified atom stereocenters. The standard InChI is InChI=1S/C11H17ClN2/c1-8(13-2)11-9(12)6-5-7-10(11)14(3)4/h5-8,13H,1-4H3. The van der Waals surface area contributed by atoms with Crippen molar-refractivity contribution in [1.82, 2.24) is 5.32 Å². The topological polar surface area (TPSA) is 15.3 Å². The van der Waals surface area contributed by atoms with Gasteiger partial charge in [0.2, 0.25) is 0 Å². The Morgan fingerprint density at radius 2 is 2.00 bits per heavy atom. The fourth-order valence-corrected chi connectivity index (χ4v) is 1.82. The van der Waals surface area contributed by atoms with Gasteiger partial charge in [-0.15, -0.1) is 0 Å². The van der Waals surface area contributed by atoms with Crippen LogP contribution in [0, 0.1) is 0 Å². The molecule has 0 saturated carbocycles. The van der Waals surface area contributed by atoms with Gasteiger partial charge < -0.3 is 10.2 Å².